The van der Waals surface area contributed by atoms with Gasteiger partial charge in [0.1, 0.15) is 5.15 Å². The van der Waals surface area contributed by atoms with Gasteiger partial charge in [0.15, 0.2) is 0 Å². The maximum atomic E-state index is 5.83. The average Bonchev–Trinajstić information content (AvgIpc) is 2.37. The van der Waals surface area contributed by atoms with Crippen LogP contribution in [0.1, 0.15) is 11.1 Å². The number of halogens is 1. The van der Waals surface area contributed by atoms with E-state index in [0.29, 0.717) is 5.15 Å². The Hall–Kier alpha value is -1.80. The van der Waals surface area contributed by atoms with Crippen LogP contribution in [-0.4, -0.2) is 19.1 Å². The molecule has 0 bridgehead atoms. The average molecular weight is 259 g/mol. The molecule has 3 heteroatoms. The number of hydrogen-bond donors (Lipinski definition) is 0. The zero-order valence-corrected chi connectivity index (χ0v) is 11.2. The van der Waals surface area contributed by atoms with Crippen LogP contribution in [0, 0.1) is 0 Å². The lowest BCUT2D eigenvalue weighted by molar-refractivity contribution is 1.13. The zero-order valence-electron chi connectivity index (χ0n) is 10.5. The molecule has 0 saturated carbocycles. The van der Waals surface area contributed by atoms with Gasteiger partial charge in [-0.05, 0) is 35.4 Å². The summed E-state index contributed by atoms with van der Waals surface area (Å²) in [4.78, 5) is 6.03. The Kier molecular flexibility index (Phi) is 4.00. The molecule has 2 nitrogen and oxygen atoms in total. The molecule has 0 atom stereocenters. The van der Waals surface area contributed by atoms with Crippen molar-refractivity contribution in [1.82, 2.24) is 4.98 Å². The molecule has 0 fully saturated rings. The van der Waals surface area contributed by atoms with Crippen molar-refractivity contribution in [2.24, 2.45) is 0 Å². The van der Waals surface area contributed by atoms with Gasteiger partial charge in [-0.25, -0.2) is 4.98 Å². The van der Waals surface area contributed by atoms with Gasteiger partial charge < -0.3 is 4.90 Å². The van der Waals surface area contributed by atoms with Gasteiger partial charge in [0.05, 0.1) is 0 Å². The van der Waals surface area contributed by atoms with Gasteiger partial charge in [-0.1, -0.05) is 35.9 Å². The summed E-state index contributed by atoms with van der Waals surface area (Å²) in [7, 11) is 4.06. The SMILES string of the molecule is CN(C)c1ccc(C=Cc2ccnc(Cl)c2)cc1. The van der Waals surface area contributed by atoms with Crippen LogP contribution >= 0.6 is 11.6 Å². The summed E-state index contributed by atoms with van der Waals surface area (Å²) in [6, 6.07) is 12.1. The minimum Gasteiger partial charge on any atom is -0.378 e. The summed E-state index contributed by atoms with van der Waals surface area (Å²) in [5.41, 5.74) is 3.40. The van der Waals surface area contributed by atoms with E-state index in [4.69, 9.17) is 11.6 Å². The Morgan fingerprint density at radius 3 is 2.28 bits per heavy atom. The third kappa shape index (κ3) is 3.34. The van der Waals surface area contributed by atoms with Crippen LogP contribution in [0.5, 0.6) is 0 Å². The maximum absolute atomic E-state index is 5.83. The quantitative estimate of drug-likeness (QED) is 0.775. The van der Waals surface area contributed by atoms with Crippen molar-refractivity contribution in [3.8, 4) is 0 Å². The second kappa shape index (κ2) is 5.69. The molecule has 0 aliphatic rings. The summed E-state index contributed by atoms with van der Waals surface area (Å²) >= 11 is 5.83. The number of nitrogens with zero attached hydrogens (tertiary/aromatic N) is 2. The summed E-state index contributed by atoms with van der Waals surface area (Å²) in [5.74, 6) is 0. The molecule has 18 heavy (non-hydrogen) atoms. The van der Waals surface area contributed by atoms with Crippen LogP contribution in [-0.2, 0) is 0 Å². The van der Waals surface area contributed by atoms with Crippen molar-refractivity contribution in [2.75, 3.05) is 19.0 Å². The van der Waals surface area contributed by atoms with E-state index in [1.165, 1.54) is 5.69 Å². The van der Waals surface area contributed by atoms with Gasteiger partial charge in [-0.15, -0.1) is 0 Å². The minimum atomic E-state index is 0.514. The van der Waals surface area contributed by atoms with Gasteiger partial charge in [0, 0.05) is 26.0 Å². The first-order valence-corrected chi connectivity index (χ1v) is 6.10. The smallest absolute Gasteiger partial charge is 0.129 e. The largest absolute Gasteiger partial charge is 0.378 e. The highest BCUT2D eigenvalue weighted by atomic mass is 35.5. The molecule has 0 unspecified atom stereocenters. The summed E-state index contributed by atoms with van der Waals surface area (Å²) in [6.07, 6.45) is 5.79. The molecule has 0 amide bonds. The first-order chi connectivity index (χ1) is 8.65. The number of hydrogen-bond acceptors (Lipinski definition) is 2. The van der Waals surface area contributed by atoms with E-state index in [1.54, 1.807) is 6.20 Å². The third-order valence-electron chi connectivity index (χ3n) is 2.63. The molecular weight excluding hydrogens is 244 g/mol. The first kappa shape index (κ1) is 12.7. The van der Waals surface area contributed by atoms with E-state index in [-0.39, 0.29) is 0 Å². The van der Waals surface area contributed by atoms with E-state index in [2.05, 4.69) is 40.2 Å². The molecule has 0 spiro atoms. The molecule has 0 aliphatic heterocycles. The Morgan fingerprint density at radius 1 is 1.00 bits per heavy atom. The van der Waals surface area contributed by atoms with Crippen LogP contribution in [0.25, 0.3) is 12.2 Å². The lowest BCUT2D eigenvalue weighted by Gasteiger charge is -2.11. The fourth-order valence-corrected chi connectivity index (χ4v) is 1.78. The minimum absolute atomic E-state index is 0.514. The van der Waals surface area contributed by atoms with Gasteiger partial charge in [0.2, 0.25) is 0 Å². The molecule has 0 radical (unpaired) electrons. The number of aromatic nitrogens is 1. The van der Waals surface area contributed by atoms with Crippen molar-refractivity contribution >= 4 is 29.4 Å². The Balaban J connectivity index is 2.14. The monoisotopic (exact) mass is 258 g/mol. The van der Waals surface area contributed by atoms with Gasteiger partial charge in [0.25, 0.3) is 0 Å². The van der Waals surface area contributed by atoms with Crippen LogP contribution < -0.4 is 4.90 Å². The van der Waals surface area contributed by atoms with Crippen molar-refractivity contribution in [1.29, 1.82) is 0 Å². The normalized spacial score (nSPS) is 10.8. The van der Waals surface area contributed by atoms with Crippen molar-refractivity contribution in [3.05, 3.63) is 58.9 Å². The molecular formula is C15H15ClN2. The second-order valence-corrected chi connectivity index (χ2v) is 4.62. The van der Waals surface area contributed by atoms with E-state index < -0.39 is 0 Å². The van der Waals surface area contributed by atoms with Crippen LogP contribution in [0.2, 0.25) is 5.15 Å². The number of benzene rings is 1. The molecule has 2 rings (SSSR count). The van der Waals surface area contributed by atoms with Gasteiger partial charge in [-0.3, -0.25) is 0 Å². The third-order valence-corrected chi connectivity index (χ3v) is 2.84. The first-order valence-electron chi connectivity index (χ1n) is 5.72. The number of rotatable bonds is 3. The molecule has 1 aromatic carbocycles. The highest BCUT2D eigenvalue weighted by Gasteiger charge is 1.94. The second-order valence-electron chi connectivity index (χ2n) is 4.23. The maximum Gasteiger partial charge on any atom is 0.129 e. The fourth-order valence-electron chi connectivity index (χ4n) is 1.60. The lowest BCUT2D eigenvalue weighted by Crippen LogP contribution is -2.07. The Morgan fingerprint density at radius 2 is 1.67 bits per heavy atom. The van der Waals surface area contributed by atoms with Crippen LogP contribution in [0.3, 0.4) is 0 Å². The topological polar surface area (TPSA) is 16.1 Å². The Labute approximate surface area is 113 Å². The van der Waals surface area contributed by atoms with E-state index in [0.717, 1.165) is 11.1 Å². The zero-order chi connectivity index (χ0) is 13.0. The highest BCUT2D eigenvalue weighted by Crippen LogP contribution is 2.15. The van der Waals surface area contributed by atoms with E-state index in [1.807, 2.05) is 32.3 Å². The van der Waals surface area contributed by atoms with E-state index >= 15 is 0 Å². The van der Waals surface area contributed by atoms with Crippen LogP contribution in [0.4, 0.5) is 5.69 Å². The number of pyridine rings is 1. The molecule has 1 heterocycles. The molecule has 0 N–H and O–H groups in total. The van der Waals surface area contributed by atoms with Crippen LogP contribution in [0.15, 0.2) is 42.6 Å². The van der Waals surface area contributed by atoms with Gasteiger partial charge >= 0.3 is 0 Å². The molecule has 92 valence electrons. The molecule has 1 aromatic heterocycles. The predicted molar refractivity (Wildman–Crippen MR) is 78.9 cm³/mol. The fraction of sp³-hybridized carbons (Fsp3) is 0.133. The summed E-state index contributed by atoms with van der Waals surface area (Å²) in [6.45, 7) is 0. The summed E-state index contributed by atoms with van der Waals surface area (Å²) in [5, 5.41) is 0.514. The standard InChI is InChI=1S/C15H15ClN2/c1-18(2)14-7-5-12(6-8-14)3-4-13-9-10-17-15(16)11-13/h3-11H,1-2H3. The van der Waals surface area contributed by atoms with Gasteiger partial charge in [-0.2, -0.15) is 0 Å². The molecule has 2 aromatic rings. The van der Waals surface area contributed by atoms with Crippen molar-refractivity contribution in [2.45, 2.75) is 0 Å². The van der Waals surface area contributed by atoms with Crippen molar-refractivity contribution in [3.63, 3.8) is 0 Å². The summed E-state index contributed by atoms with van der Waals surface area (Å²) < 4.78 is 0. The number of anilines is 1. The predicted octanol–water partition coefficient (Wildman–Crippen LogP) is 3.97. The Bertz CT molecular complexity index is 545. The lowest BCUT2D eigenvalue weighted by atomic mass is 10.1. The molecule has 0 aliphatic carbocycles. The molecule has 0 saturated heterocycles. The van der Waals surface area contributed by atoms with Crippen molar-refractivity contribution < 1.29 is 0 Å². The highest BCUT2D eigenvalue weighted by molar-refractivity contribution is 6.29. The van der Waals surface area contributed by atoms with E-state index in [9.17, 15) is 0 Å².